The summed E-state index contributed by atoms with van der Waals surface area (Å²) in [5.74, 6) is 0.504. The topological polar surface area (TPSA) is 66.4 Å². The summed E-state index contributed by atoms with van der Waals surface area (Å²) in [6.07, 6.45) is 0. The number of hydrogen-bond donors (Lipinski definition) is 2. The zero-order valence-corrected chi connectivity index (χ0v) is 22.4. The number of benzene rings is 3. The van der Waals surface area contributed by atoms with Gasteiger partial charge in [0.05, 0.1) is 0 Å². The monoisotopic (exact) mass is 496 g/mol. The van der Waals surface area contributed by atoms with Crippen LogP contribution in [0.4, 0.5) is 16.3 Å². The van der Waals surface area contributed by atoms with E-state index in [9.17, 15) is 9.59 Å². The van der Waals surface area contributed by atoms with E-state index in [-0.39, 0.29) is 11.6 Å². The summed E-state index contributed by atoms with van der Waals surface area (Å²) in [5, 5.41) is 7.50. The third-order valence-corrected chi connectivity index (χ3v) is 6.99. The second-order valence-electron chi connectivity index (χ2n) is 9.50. The van der Waals surface area contributed by atoms with Gasteiger partial charge in [-0.3, -0.25) is 14.7 Å². The molecular weight excluding hydrogens is 460 g/mol. The van der Waals surface area contributed by atoms with Crippen LogP contribution in [0.3, 0.4) is 0 Å². The van der Waals surface area contributed by atoms with E-state index in [1.54, 1.807) is 4.57 Å². The van der Waals surface area contributed by atoms with Crippen molar-refractivity contribution >= 4 is 28.3 Å². The van der Waals surface area contributed by atoms with E-state index in [0.29, 0.717) is 30.0 Å². The molecule has 0 bridgehead atoms. The molecule has 3 aromatic carbocycles. The molecule has 4 aromatic rings. The smallest absolute Gasteiger partial charge is 0.308 e. The van der Waals surface area contributed by atoms with Gasteiger partial charge >= 0.3 is 6.03 Å². The van der Waals surface area contributed by atoms with E-state index >= 15 is 0 Å². The van der Waals surface area contributed by atoms with Gasteiger partial charge in [0.1, 0.15) is 5.82 Å². The summed E-state index contributed by atoms with van der Waals surface area (Å²) in [6, 6.07) is 21.3. The molecule has 0 unspecified atom stereocenters. The predicted octanol–water partition coefficient (Wildman–Crippen LogP) is 6.58. The van der Waals surface area contributed by atoms with E-state index in [1.165, 1.54) is 0 Å². The maximum absolute atomic E-state index is 13.9. The Hall–Kier alpha value is -3.90. The Morgan fingerprint density at radius 1 is 0.838 bits per heavy atom. The van der Waals surface area contributed by atoms with Crippen LogP contribution in [0, 0.1) is 20.8 Å². The first-order chi connectivity index (χ1) is 17.8. The van der Waals surface area contributed by atoms with Crippen LogP contribution in [0.1, 0.15) is 30.5 Å². The van der Waals surface area contributed by atoms with E-state index in [2.05, 4.69) is 35.4 Å². The fourth-order valence-electron chi connectivity index (χ4n) is 4.72. The lowest BCUT2D eigenvalue weighted by Crippen LogP contribution is -2.34. The molecule has 1 heterocycles. The van der Waals surface area contributed by atoms with Crippen molar-refractivity contribution in [3.05, 3.63) is 93.8 Å². The molecule has 0 radical (unpaired) electrons. The number of urea groups is 1. The summed E-state index contributed by atoms with van der Waals surface area (Å²) < 4.78 is 1.73. The standard InChI is InChI=1S/C31H36N4O2/c1-6-34(7-2)16-17-35-29(33-31(37)32-25-15-11-12-21(3)18-25)28(24-13-9-8-10-14-24)26-19-22(4)23(5)20-27(26)30(35)36/h8-15,18-20H,6-7,16-17H2,1-5H3,(H2,32,33,37). The fourth-order valence-corrected chi connectivity index (χ4v) is 4.72. The zero-order valence-electron chi connectivity index (χ0n) is 22.4. The summed E-state index contributed by atoms with van der Waals surface area (Å²) in [6.45, 7) is 13.2. The number of likely N-dealkylation sites (N-methyl/N-ethyl adjacent to an activating group) is 1. The molecule has 0 atom stereocenters. The molecule has 2 N–H and O–H groups in total. The highest BCUT2D eigenvalue weighted by Gasteiger charge is 2.21. The summed E-state index contributed by atoms with van der Waals surface area (Å²) in [5.41, 5.74) is 5.60. The Balaban J connectivity index is 1.93. The number of rotatable bonds is 8. The first kappa shape index (κ1) is 26.2. The first-order valence-corrected chi connectivity index (χ1v) is 12.9. The minimum Gasteiger partial charge on any atom is -0.308 e. The lowest BCUT2D eigenvalue weighted by Gasteiger charge is -2.24. The number of fused-ring (bicyclic) bond motifs is 1. The van der Waals surface area contributed by atoms with Crippen molar-refractivity contribution < 1.29 is 4.79 Å². The number of hydrogen-bond acceptors (Lipinski definition) is 3. The van der Waals surface area contributed by atoms with Gasteiger partial charge in [-0.2, -0.15) is 0 Å². The Bertz CT molecular complexity index is 1470. The molecule has 2 amide bonds. The minimum absolute atomic E-state index is 0.101. The van der Waals surface area contributed by atoms with Crippen molar-refractivity contribution in [2.75, 3.05) is 30.3 Å². The molecular formula is C31H36N4O2. The van der Waals surface area contributed by atoms with E-state index in [4.69, 9.17) is 0 Å². The Morgan fingerprint density at radius 2 is 1.51 bits per heavy atom. The highest BCUT2D eigenvalue weighted by atomic mass is 16.2. The lowest BCUT2D eigenvalue weighted by atomic mass is 9.95. The van der Waals surface area contributed by atoms with Gasteiger partial charge in [0.25, 0.3) is 5.56 Å². The summed E-state index contributed by atoms with van der Waals surface area (Å²) >= 11 is 0. The number of carbonyl (C=O) groups is 1. The van der Waals surface area contributed by atoms with Crippen molar-refractivity contribution in [1.29, 1.82) is 0 Å². The van der Waals surface area contributed by atoms with Gasteiger partial charge in [-0.15, -0.1) is 0 Å². The molecule has 0 saturated carbocycles. The van der Waals surface area contributed by atoms with Crippen molar-refractivity contribution in [3.63, 3.8) is 0 Å². The highest BCUT2D eigenvalue weighted by Crippen LogP contribution is 2.35. The Kier molecular flexibility index (Phi) is 8.09. The number of aryl methyl sites for hydroxylation is 3. The molecule has 37 heavy (non-hydrogen) atoms. The van der Waals surface area contributed by atoms with Crippen LogP contribution in [0.15, 0.2) is 71.5 Å². The summed E-state index contributed by atoms with van der Waals surface area (Å²) in [7, 11) is 0. The normalized spacial score (nSPS) is 11.2. The number of anilines is 2. The molecule has 192 valence electrons. The highest BCUT2D eigenvalue weighted by molar-refractivity contribution is 6.08. The number of nitrogens with zero attached hydrogens (tertiary/aromatic N) is 2. The van der Waals surface area contributed by atoms with Gasteiger partial charge in [0.15, 0.2) is 0 Å². The molecule has 1 aromatic heterocycles. The number of nitrogens with one attached hydrogen (secondary N) is 2. The molecule has 0 aliphatic heterocycles. The molecule has 0 aliphatic rings. The second kappa shape index (κ2) is 11.4. The van der Waals surface area contributed by atoms with Crippen LogP contribution in [-0.4, -0.2) is 35.1 Å². The van der Waals surface area contributed by atoms with Gasteiger partial charge in [-0.1, -0.05) is 62.4 Å². The molecule has 0 spiro atoms. The van der Waals surface area contributed by atoms with Crippen LogP contribution in [0.5, 0.6) is 0 Å². The number of carbonyl (C=O) groups excluding carboxylic acids is 1. The maximum Gasteiger partial charge on any atom is 0.324 e. The Morgan fingerprint density at radius 3 is 2.16 bits per heavy atom. The number of aromatic nitrogens is 1. The van der Waals surface area contributed by atoms with Gasteiger partial charge in [0, 0.05) is 29.7 Å². The quantitative estimate of drug-likeness (QED) is 0.290. The fraction of sp³-hybridized carbons (Fsp3) is 0.290. The number of amides is 2. The van der Waals surface area contributed by atoms with Crippen molar-refractivity contribution in [3.8, 4) is 11.1 Å². The van der Waals surface area contributed by atoms with Crippen LogP contribution < -0.4 is 16.2 Å². The lowest BCUT2D eigenvalue weighted by molar-refractivity contribution is 0.261. The van der Waals surface area contributed by atoms with Crippen molar-refractivity contribution in [2.24, 2.45) is 0 Å². The number of pyridine rings is 1. The minimum atomic E-state index is -0.387. The Labute approximate surface area is 218 Å². The van der Waals surface area contributed by atoms with E-state index in [0.717, 1.165) is 46.3 Å². The van der Waals surface area contributed by atoms with Gasteiger partial charge in [-0.25, -0.2) is 4.79 Å². The molecule has 6 nitrogen and oxygen atoms in total. The predicted molar refractivity (Wildman–Crippen MR) is 155 cm³/mol. The molecule has 6 heteroatoms. The molecule has 0 aliphatic carbocycles. The van der Waals surface area contributed by atoms with Gasteiger partial charge < -0.3 is 10.2 Å². The third kappa shape index (κ3) is 5.75. The molecule has 0 fully saturated rings. The van der Waals surface area contributed by atoms with Crippen LogP contribution in [0.25, 0.3) is 21.9 Å². The van der Waals surface area contributed by atoms with Crippen molar-refractivity contribution in [2.45, 2.75) is 41.2 Å². The zero-order chi connectivity index (χ0) is 26.5. The average Bonchev–Trinajstić information content (AvgIpc) is 2.88. The SMILES string of the molecule is CCN(CC)CCn1c(NC(=O)Nc2cccc(C)c2)c(-c2ccccc2)c2cc(C)c(C)cc2c1=O. The molecule has 4 rings (SSSR count). The average molecular weight is 497 g/mol. The van der Waals surface area contributed by atoms with Crippen LogP contribution in [-0.2, 0) is 6.54 Å². The second-order valence-corrected chi connectivity index (χ2v) is 9.50. The van der Waals surface area contributed by atoms with Crippen LogP contribution >= 0.6 is 0 Å². The van der Waals surface area contributed by atoms with Crippen LogP contribution in [0.2, 0.25) is 0 Å². The third-order valence-electron chi connectivity index (χ3n) is 6.99. The summed E-state index contributed by atoms with van der Waals surface area (Å²) in [4.78, 5) is 29.5. The van der Waals surface area contributed by atoms with Gasteiger partial charge in [-0.05, 0) is 79.7 Å². The molecule has 0 saturated heterocycles. The maximum atomic E-state index is 13.9. The van der Waals surface area contributed by atoms with Crippen molar-refractivity contribution in [1.82, 2.24) is 9.47 Å². The largest absolute Gasteiger partial charge is 0.324 e. The first-order valence-electron chi connectivity index (χ1n) is 12.9. The van der Waals surface area contributed by atoms with E-state index in [1.807, 2.05) is 81.4 Å². The van der Waals surface area contributed by atoms with Gasteiger partial charge in [0.2, 0.25) is 0 Å². The van der Waals surface area contributed by atoms with E-state index < -0.39 is 0 Å².